The average Bonchev–Trinajstić information content (AvgIpc) is 2.74. The molecule has 0 radical (unpaired) electrons. The van der Waals surface area contributed by atoms with Crippen LogP contribution < -0.4 is 10.0 Å². The van der Waals surface area contributed by atoms with Crippen LogP contribution in [0, 0.1) is 6.92 Å². The lowest BCUT2D eigenvalue weighted by Crippen LogP contribution is -2.48. The fraction of sp³-hybridized carbons (Fsp3) is 0.208. The molecule has 3 aromatic rings. The van der Waals surface area contributed by atoms with Crippen LogP contribution in [0.15, 0.2) is 83.8 Å². The largest absolute Gasteiger partial charge is 0.348 e. The molecule has 2 atom stereocenters. The fourth-order valence-corrected chi connectivity index (χ4v) is 4.48. The minimum absolute atomic E-state index is 0.120. The zero-order chi connectivity index (χ0) is 22.4. The summed E-state index contributed by atoms with van der Waals surface area (Å²) in [6.45, 7) is 3.73. The van der Waals surface area contributed by atoms with Crippen molar-refractivity contribution in [3.8, 4) is 0 Å². The molecule has 0 spiro atoms. The Labute approximate surface area is 188 Å². The van der Waals surface area contributed by atoms with Crippen molar-refractivity contribution in [1.82, 2.24) is 10.0 Å². The second-order valence-corrected chi connectivity index (χ2v) is 9.61. The minimum Gasteiger partial charge on any atom is -0.348 e. The van der Waals surface area contributed by atoms with Crippen LogP contribution in [-0.2, 0) is 21.2 Å². The van der Waals surface area contributed by atoms with Crippen molar-refractivity contribution in [2.75, 3.05) is 0 Å². The molecule has 0 fully saturated rings. The minimum atomic E-state index is -3.88. The van der Waals surface area contributed by atoms with Gasteiger partial charge in [-0.15, -0.1) is 0 Å². The van der Waals surface area contributed by atoms with E-state index in [2.05, 4.69) is 10.0 Å². The summed E-state index contributed by atoms with van der Waals surface area (Å²) in [6, 6.07) is 21.7. The van der Waals surface area contributed by atoms with Crippen molar-refractivity contribution in [2.45, 2.75) is 37.2 Å². The number of amides is 1. The van der Waals surface area contributed by atoms with Gasteiger partial charge in [-0.3, -0.25) is 4.79 Å². The van der Waals surface area contributed by atoms with Gasteiger partial charge < -0.3 is 5.32 Å². The van der Waals surface area contributed by atoms with Gasteiger partial charge in [-0.1, -0.05) is 71.8 Å². The highest BCUT2D eigenvalue weighted by atomic mass is 35.5. The van der Waals surface area contributed by atoms with E-state index >= 15 is 0 Å². The monoisotopic (exact) mass is 456 g/mol. The van der Waals surface area contributed by atoms with Crippen LogP contribution in [0.25, 0.3) is 0 Å². The van der Waals surface area contributed by atoms with E-state index in [0.717, 1.165) is 16.7 Å². The summed E-state index contributed by atoms with van der Waals surface area (Å²) in [4.78, 5) is 13.2. The first-order valence-corrected chi connectivity index (χ1v) is 11.8. The van der Waals surface area contributed by atoms with Gasteiger partial charge in [0.1, 0.15) is 6.04 Å². The molecule has 2 N–H and O–H groups in total. The van der Waals surface area contributed by atoms with Crippen LogP contribution in [-0.4, -0.2) is 20.4 Å². The Bertz CT molecular complexity index is 1120. The standard InChI is InChI=1S/C24H25ClN2O3S/c1-17-8-14-22(15-9-17)31(29,30)27-23(16-19-6-4-3-5-7-19)24(28)26-18(2)20-10-12-21(25)13-11-20/h3-15,18,23,27H,16H2,1-2H3,(H,26,28)/t18-,23+/m1/s1. The number of sulfonamides is 1. The van der Waals surface area contributed by atoms with Crippen LogP contribution in [0.5, 0.6) is 0 Å². The number of halogens is 1. The molecular formula is C24H25ClN2O3S. The predicted molar refractivity (Wildman–Crippen MR) is 123 cm³/mol. The maximum absolute atomic E-state index is 13.1. The Hall–Kier alpha value is -2.67. The van der Waals surface area contributed by atoms with Crippen LogP contribution in [0.1, 0.15) is 29.7 Å². The number of benzene rings is 3. The van der Waals surface area contributed by atoms with Gasteiger partial charge in [-0.25, -0.2) is 8.42 Å². The summed E-state index contributed by atoms with van der Waals surface area (Å²) in [5.74, 6) is -0.401. The molecule has 0 aliphatic rings. The molecule has 0 saturated heterocycles. The van der Waals surface area contributed by atoms with Gasteiger partial charge in [0, 0.05) is 5.02 Å². The fourth-order valence-electron chi connectivity index (χ4n) is 3.16. The number of carbonyl (C=O) groups excluding carboxylic acids is 1. The van der Waals surface area contributed by atoms with Crippen molar-refractivity contribution in [3.05, 3.63) is 101 Å². The quantitative estimate of drug-likeness (QED) is 0.527. The molecule has 3 aromatic carbocycles. The Kier molecular flexibility index (Phi) is 7.49. The third kappa shape index (κ3) is 6.40. The maximum Gasteiger partial charge on any atom is 0.241 e. The third-order valence-electron chi connectivity index (χ3n) is 4.96. The van der Waals surface area contributed by atoms with E-state index in [1.165, 1.54) is 12.1 Å². The summed E-state index contributed by atoms with van der Waals surface area (Å²) in [5.41, 5.74) is 2.68. The number of hydrogen-bond acceptors (Lipinski definition) is 3. The Morgan fingerprint density at radius 3 is 2.16 bits per heavy atom. The molecule has 3 rings (SSSR count). The molecule has 0 bridgehead atoms. The lowest BCUT2D eigenvalue weighted by Gasteiger charge is -2.22. The molecule has 0 unspecified atom stereocenters. The average molecular weight is 457 g/mol. The molecule has 162 valence electrons. The van der Waals surface area contributed by atoms with Crippen molar-refractivity contribution < 1.29 is 13.2 Å². The molecule has 0 heterocycles. The molecule has 31 heavy (non-hydrogen) atoms. The summed E-state index contributed by atoms with van der Waals surface area (Å²) >= 11 is 5.94. The number of hydrogen-bond donors (Lipinski definition) is 2. The van der Waals surface area contributed by atoms with Crippen LogP contribution in [0.4, 0.5) is 0 Å². The lowest BCUT2D eigenvalue weighted by molar-refractivity contribution is -0.123. The van der Waals surface area contributed by atoms with Gasteiger partial charge in [-0.05, 0) is 55.7 Å². The molecule has 0 saturated carbocycles. The Morgan fingerprint density at radius 1 is 0.935 bits per heavy atom. The van der Waals surface area contributed by atoms with Crippen LogP contribution >= 0.6 is 11.6 Å². The van der Waals surface area contributed by atoms with Gasteiger partial charge in [0.25, 0.3) is 0 Å². The molecule has 0 aromatic heterocycles. The van der Waals surface area contributed by atoms with Crippen molar-refractivity contribution in [3.63, 3.8) is 0 Å². The maximum atomic E-state index is 13.1. The van der Waals surface area contributed by atoms with E-state index in [1.807, 2.05) is 56.3 Å². The number of rotatable bonds is 8. The first-order chi connectivity index (χ1) is 14.7. The van der Waals surface area contributed by atoms with E-state index in [9.17, 15) is 13.2 Å². The van der Waals surface area contributed by atoms with E-state index in [1.54, 1.807) is 24.3 Å². The Morgan fingerprint density at radius 2 is 1.55 bits per heavy atom. The van der Waals surface area contributed by atoms with Gasteiger partial charge in [-0.2, -0.15) is 4.72 Å². The van der Waals surface area contributed by atoms with Crippen LogP contribution in [0.2, 0.25) is 5.02 Å². The lowest BCUT2D eigenvalue weighted by atomic mass is 10.0. The first kappa shape index (κ1) is 23.0. The molecule has 7 heteroatoms. The van der Waals surface area contributed by atoms with Crippen molar-refractivity contribution >= 4 is 27.5 Å². The highest BCUT2D eigenvalue weighted by molar-refractivity contribution is 7.89. The van der Waals surface area contributed by atoms with Gasteiger partial charge in [0.05, 0.1) is 10.9 Å². The summed E-state index contributed by atoms with van der Waals surface area (Å²) in [7, 11) is -3.88. The molecule has 5 nitrogen and oxygen atoms in total. The topological polar surface area (TPSA) is 75.3 Å². The number of nitrogens with one attached hydrogen (secondary N) is 2. The smallest absolute Gasteiger partial charge is 0.241 e. The molecule has 0 aliphatic heterocycles. The van der Waals surface area contributed by atoms with Gasteiger partial charge in [0.15, 0.2) is 0 Å². The van der Waals surface area contributed by atoms with Crippen molar-refractivity contribution in [2.24, 2.45) is 0 Å². The molecule has 0 aliphatic carbocycles. The second kappa shape index (κ2) is 10.1. The highest BCUT2D eigenvalue weighted by Gasteiger charge is 2.27. The first-order valence-electron chi connectivity index (χ1n) is 9.93. The van der Waals surface area contributed by atoms with E-state index in [4.69, 9.17) is 11.6 Å². The Balaban J connectivity index is 1.82. The number of aryl methyl sites for hydroxylation is 1. The summed E-state index contributed by atoms with van der Waals surface area (Å²) in [5, 5.41) is 3.52. The van der Waals surface area contributed by atoms with E-state index in [-0.39, 0.29) is 17.4 Å². The third-order valence-corrected chi connectivity index (χ3v) is 6.70. The van der Waals surface area contributed by atoms with Crippen LogP contribution in [0.3, 0.4) is 0 Å². The molecular weight excluding hydrogens is 432 g/mol. The van der Waals surface area contributed by atoms with Gasteiger partial charge in [0.2, 0.25) is 15.9 Å². The summed E-state index contributed by atoms with van der Waals surface area (Å²) in [6.07, 6.45) is 0.227. The highest BCUT2D eigenvalue weighted by Crippen LogP contribution is 2.17. The molecule has 1 amide bonds. The predicted octanol–water partition coefficient (Wildman–Crippen LogP) is 4.42. The van der Waals surface area contributed by atoms with Gasteiger partial charge >= 0.3 is 0 Å². The van der Waals surface area contributed by atoms with E-state index in [0.29, 0.717) is 5.02 Å². The zero-order valence-electron chi connectivity index (χ0n) is 17.4. The van der Waals surface area contributed by atoms with E-state index < -0.39 is 22.0 Å². The second-order valence-electron chi connectivity index (χ2n) is 7.46. The number of carbonyl (C=O) groups is 1. The van der Waals surface area contributed by atoms with Crippen molar-refractivity contribution in [1.29, 1.82) is 0 Å². The summed E-state index contributed by atoms with van der Waals surface area (Å²) < 4.78 is 28.5. The zero-order valence-corrected chi connectivity index (χ0v) is 19.0. The normalized spacial score (nSPS) is 13.4. The SMILES string of the molecule is Cc1ccc(S(=O)(=O)N[C@@H](Cc2ccccc2)C(=O)N[C@H](C)c2ccc(Cl)cc2)cc1.